The molecule has 0 aliphatic carbocycles. The predicted octanol–water partition coefficient (Wildman–Crippen LogP) is 1.70. The highest BCUT2D eigenvalue weighted by Gasteiger charge is 2.18. The molecule has 0 saturated carbocycles. The highest BCUT2D eigenvalue weighted by Crippen LogP contribution is 2.22. The molecule has 0 aromatic heterocycles. The van der Waals surface area contributed by atoms with Crippen molar-refractivity contribution < 1.29 is 0 Å². The molecule has 1 atom stereocenters. The molecule has 0 bridgehead atoms. The van der Waals surface area contributed by atoms with Crippen molar-refractivity contribution in [2.75, 3.05) is 0 Å². The van der Waals surface area contributed by atoms with E-state index in [1.807, 2.05) is 18.2 Å². The van der Waals surface area contributed by atoms with Gasteiger partial charge in [0.15, 0.2) is 0 Å². The normalized spacial score (nSPS) is 21.8. The van der Waals surface area contributed by atoms with Crippen LogP contribution in [0.5, 0.6) is 0 Å². The van der Waals surface area contributed by atoms with Gasteiger partial charge in [-0.05, 0) is 12.5 Å². The molecular formula is C11H14N2. The second kappa shape index (κ2) is 3.13. The minimum Gasteiger partial charge on any atom is -0.400 e. The zero-order valence-corrected chi connectivity index (χ0v) is 7.75. The van der Waals surface area contributed by atoms with E-state index in [2.05, 4.69) is 24.4 Å². The fourth-order valence-electron chi connectivity index (χ4n) is 1.70. The number of nitrogens with one attached hydrogen (secondary N) is 1. The van der Waals surface area contributed by atoms with Gasteiger partial charge in [0.1, 0.15) is 0 Å². The van der Waals surface area contributed by atoms with Crippen molar-refractivity contribution >= 4 is 5.70 Å². The van der Waals surface area contributed by atoms with Gasteiger partial charge in [0.2, 0.25) is 0 Å². The number of hydrogen-bond donors (Lipinski definition) is 2. The number of nitrogens with two attached hydrogens (primary N) is 1. The first-order valence-electron chi connectivity index (χ1n) is 4.58. The van der Waals surface area contributed by atoms with Crippen LogP contribution >= 0.6 is 0 Å². The summed E-state index contributed by atoms with van der Waals surface area (Å²) < 4.78 is 0. The Kier molecular flexibility index (Phi) is 1.97. The van der Waals surface area contributed by atoms with E-state index < -0.39 is 0 Å². The van der Waals surface area contributed by atoms with Crippen LogP contribution in [0, 0.1) is 0 Å². The summed E-state index contributed by atoms with van der Waals surface area (Å²) in [5.74, 6) is 0. The van der Waals surface area contributed by atoms with E-state index in [0.717, 1.165) is 17.8 Å². The summed E-state index contributed by atoms with van der Waals surface area (Å²) >= 11 is 0. The highest BCUT2D eigenvalue weighted by atomic mass is 15.0. The summed E-state index contributed by atoms with van der Waals surface area (Å²) in [5.41, 5.74) is 9.18. The third kappa shape index (κ3) is 1.52. The molecule has 2 heteroatoms. The van der Waals surface area contributed by atoms with Gasteiger partial charge in [-0.15, -0.1) is 0 Å². The summed E-state index contributed by atoms with van der Waals surface area (Å²) in [7, 11) is 0. The van der Waals surface area contributed by atoms with Gasteiger partial charge in [-0.25, -0.2) is 0 Å². The summed E-state index contributed by atoms with van der Waals surface area (Å²) in [4.78, 5) is 0. The Morgan fingerprint density at radius 1 is 1.31 bits per heavy atom. The topological polar surface area (TPSA) is 38.0 Å². The molecule has 0 fully saturated rings. The minimum atomic E-state index is 0.468. The average Bonchev–Trinajstić information content (AvgIpc) is 2.47. The lowest BCUT2D eigenvalue weighted by Gasteiger charge is -2.07. The van der Waals surface area contributed by atoms with Gasteiger partial charge in [0.25, 0.3) is 0 Å². The van der Waals surface area contributed by atoms with Gasteiger partial charge >= 0.3 is 0 Å². The van der Waals surface area contributed by atoms with Gasteiger partial charge in [0.05, 0.1) is 5.70 Å². The van der Waals surface area contributed by atoms with Crippen molar-refractivity contribution in [3.05, 3.63) is 41.6 Å². The zero-order valence-electron chi connectivity index (χ0n) is 7.75. The van der Waals surface area contributed by atoms with Crippen LogP contribution in [0.15, 0.2) is 36.0 Å². The Bertz CT molecular complexity index is 327. The summed E-state index contributed by atoms with van der Waals surface area (Å²) in [5, 5.41) is 3.37. The molecule has 3 N–H and O–H groups in total. The van der Waals surface area contributed by atoms with Crippen molar-refractivity contribution in [3.63, 3.8) is 0 Å². The van der Waals surface area contributed by atoms with Crippen molar-refractivity contribution in [2.24, 2.45) is 5.73 Å². The third-order valence-electron chi connectivity index (χ3n) is 2.30. The Morgan fingerprint density at radius 2 is 2.00 bits per heavy atom. The van der Waals surface area contributed by atoms with E-state index in [4.69, 9.17) is 5.73 Å². The number of hydrogen-bond acceptors (Lipinski definition) is 2. The minimum absolute atomic E-state index is 0.468. The van der Waals surface area contributed by atoms with E-state index in [9.17, 15) is 0 Å². The van der Waals surface area contributed by atoms with Gasteiger partial charge in [0, 0.05) is 18.2 Å². The van der Waals surface area contributed by atoms with Crippen LogP contribution in [-0.4, -0.2) is 6.04 Å². The van der Waals surface area contributed by atoms with Crippen LogP contribution in [-0.2, 0) is 0 Å². The van der Waals surface area contributed by atoms with Crippen molar-refractivity contribution in [1.82, 2.24) is 5.32 Å². The molecule has 1 aliphatic heterocycles. The maximum atomic E-state index is 5.92. The molecule has 1 aromatic carbocycles. The smallest absolute Gasteiger partial charge is 0.0607 e. The van der Waals surface area contributed by atoms with Crippen LogP contribution in [0.3, 0.4) is 0 Å². The molecule has 1 heterocycles. The molecule has 0 amide bonds. The van der Waals surface area contributed by atoms with Crippen molar-refractivity contribution in [1.29, 1.82) is 0 Å². The summed E-state index contributed by atoms with van der Waals surface area (Å²) in [6.45, 7) is 2.14. The van der Waals surface area contributed by atoms with Gasteiger partial charge < -0.3 is 11.1 Å². The van der Waals surface area contributed by atoms with Crippen molar-refractivity contribution in [2.45, 2.75) is 19.4 Å². The average molecular weight is 174 g/mol. The quantitative estimate of drug-likeness (QED) is 0.680. The first-order valence-corrected chi connectivity index (χ1v) is 4.58. The van der Waals surface area contributed by atoms with Gasteiger partial charge in [-0.2, -0.15) is 0 Å². The summed E-state index contributed by atoms with van der Waals surface area (Å²) in [6, 6.07) is 10.7. The fourth-order valence-corrected chi connectivity index (χ4v) is 1.70. The molecular weight excluding hydrogens is 160 g/mol. The Balaban J connectivity index is 2.33. The molecule has 1 unspecified atom stereocenters. The second-order valence-electron chi connectivity index (χ2n) is 3.52. The van der Waals surface area contributed by atoms with E-state index in [0.29, 0.717) is 6.04 Å². The van der Waals surface area contributed by atoms with E-state index in [1.165, 1.54) is 5.56 Å². The van der Waals surface area contributed by atoms with Gasteiger partial charge in [-0.1, -0.05) is 30.3 Å². The molecule has 1 aromatic rings. The Labute approximate surface area is 78.5 Å². The molecule has 0 spiro atoms. The van der Waals surface area contributed by atoms with Crippen LogP contribution in [0.1, 0.15) is 18.9 Å². The van der Waals surface area contributed by atoms with Crippen LogP contribution in [0.4, 0.5) is 0 Å². The highest BCUT2D eigenvalue weighted by molar-refractivity contribution is 5.68. The molecule has 1 aliphatic rings. The molecule has 0 saturated heterocycles. The Hall–Kier alpha value is -1.44. The van der Waals surface area contributed by atoms with Crippen LogP contribution in [0.2, 0.25) is 0 Å². The number of benzene rings is 1. The second-order valence-corrected chi connectivity index (χ2v) is 3.52. The van der Waals surface area contributed by atoms with E-state index in [-0.39, 0.29) is 0 Å². The SMILES string of the molecule is CC1CC(N)=C(c2ccccc2)N1. The third-order valence-corrected chi connectivity index (χ3v) is 2.30. The lowest BCUT2D eigenvalue weighted by molar-refractivity contribution is 0.688. The standard InChI is InChI=1S/C11H14N2/c1-8-7-10(12)11(13-8)9-5-3-2-4-6-9/h2-6,8,13H,7,12H2,1H3. The molecule has 68 valence electrons. The van der Waals surface area contributed by atoms with E-state index in [1.54, 1.807) is 0 Å². The Morgan fingerprint density at radius 3 is 2.54 bits per heavy atom. The lowest BCUT2D eigenvalue weighted by Crippen LogP contribution is -2.17. The summed E-state index contributed by atoms with van der Waals surface area (Å²) in [6.07, 6.45) is 0.949. The van der Waals surface area contributed by atoms with Crippen LogP contribution < -0.4 is 11.1 Å². The number of rotatable bonds is 1. The molecule has 13 heavy (non-hydrogen) atoms. The maximum Gasteiger partial charge on any atom is 0.0607 e. The predicted molar refractivity (Wildman–Crippen MR) is 54.8 cm³/mol. The monoisotopic (exact) mass is 174 g/mol. The van der Waals surface area contributed by atoms with Crippen LogP contribution in [0.25, 0.3) is 5.70 Å². The lowest BCUT2D eigenvalue weighted by atomic mass is 10.1. The van der Waals surface area contributed by atoms with Crippen molar-refractivity contribution in [3.8, 4) is 0 Å². The maximum absolute atomic E-state index is 5.92. The van der Waals surface area contributed by atoms with Gasteiger partial charge in [-0.3, -0.25) is 0 Å². The fraction of sp³-hybridized carbons (Fsp3) is 0.273. The molecule has 2 nitrogen and oxygen atoms in total. The largest absolute Gasteiger partial charge is 0.400 e. The first kappa shape index (κ1) is 8.17. The van der Waals surface area contributed by atoms with E-state index >= 15 is 0 Å². The first-order chi connectivity index (χ1) is 6.27. The molecule has 2 rings (SSSR count). The molecule has 0 radical (unpaired) electrons. The zero-order chi connectivity index (χ0) is 9.26.